The van der Waals surface area contributed by atoms with Crippen LogP contribution in [0.1, 0.15) is 11.1 Å². The average molecular weight is 388 g/mol. The summed E-state index contributed by atoms with van der Waals surface area (Å²) in [6.07, 6.45) is 0. The van der Waals surface area contributed by atoms with E-state index in [1.54, 1.807) is 12.1 Å². The molecule has 0 radical (unpaired) electrons. The molecule has 1 heterocycles. The Morgan fingerprint density at radius 3 is 2.48 bits per heavy atom. The fourth-order valence-electron chi connectivity index (χ4n) is 3.01. The van der Waals surface area contributed by atoms with Gasteiger partial charge in [0, 0.05) is 43.4 Å². The Kier molecular flexibility index (Phi) is 6.72. The van der Waals surface area contributed by atoms with Crippen LogP contribution in [-0.2, 0) is 11.3 Å². The van der Waals surface area contributed by atoms with Gasteiger partial charge in [-0.2, -0.15) is 0 Å². The van der Waals surface area contributed by atoms with Crippen LogP contribution >= 0.6 is 11.6 Å². The topological polar surface area (TPSA) is 44.8 Å². The van der Waals surface area contributed by atoms with E-state index in [1.807, 2.05) is 25.1 Å². The molecule has 1 fully saturated rings. The number of nitrogens with zero attached hydrogens (tertiary/aromatic N) is 2. The molecule has 0 aliphatic carbocycles. The Morgan fingerprint density at radius 2 is 1.81 bits per heavy atom. The number of halogens is 1. The van der Waals surface area contributed by atoms with Crippen LogP contribution in [0.5, 0.6) is 5.75 Å². The highest BCUT2D eigenvalue weighted by Gasteiger charge is 2.13. The summed E-state index contributed by atoms with van der Waals surface area (Å²) in [6.45, 7) is 7.22. The number of piperazine rings is 1. The minimum Gasteiger partial charge on any atom is -0.484 e. The summed E-state index contributed by atoms with van der Waals surface area (Å²) in [4.78, 5) is 16.9. The third-order valence-corrected chi connectivity index (χ3v) is 5.16. The summed E-state index contributed by atoms with van der Waals surface area (Å²) in [5.74, 6) is 0.448. The van der Waals surface area contributed by atoms with Gasteiger partial charge in [0.2, 0.25) is 0 Å². The second-order valence-electron chi connectivity index (χ2n) is 7.02. The minimum absolute atomic E-state index is 0.0376. The highest BCUT2D eigenvalue weighted by molar-refractivity contribution is 6.31. The van der Waals surface area contributed by atoms with Crippen molar-refractivity contribution >= 4 is 23.2 Å². The molecule has 144 valence electrons. The Bertz CT molecular complexity index is 771. The van der Waals surface area contributed by atoms with E-state index >= 15 is 0 Å². The van der Waals surface area contributed by atoms with Gasteiger partial charge in [-0.05, 0) is 55.4 Å². The van der Waals surface area contributed by atoms with Crippen molar-refractivity contribution < 1.29 is 9.53 Å². The quantitative estimate of drug-likeness (QED) is 0.825. The lowest BCUT2D eigenvalue weighted by Gasteiger charge is -2.32. The molecule has 0 unspecified atom stereocenters. The summed E-state index contributed by atoms with van der Waals surface area (Å²) < 4.78 is 5.53. The highest BCUT2D eigenvalue weighted by Crippen LogP contribution is 2.21. The lowest BCUT2D eigenvalue weighted by atomic mass is 10.2. The number of likely N-dealkylation sites (N-methyl/N-ethyl adjacent to an activating group) is 1. The zero-order valence-corrected chi connectivity index (χ0v) is 16.6. The molecule has 1 saturated heterocycles. The van der Waals surface area contributed by atoms with Crippen LogP contribution < -0.4 is 10.1 Å². The number of benzene rings is 2. The lowest BCUT2D eigenvalue weighted by Crippen LogP contribution is -2.43. The Morgan fingerprint density at radius 1 is 1.11 bits per heavy atom. The molecule has 6 heteroatoms. The molecule has 3 rings (SSSR count). The third-order valence-electron chi connectivity index (χ3n) is 4.74. The van der Waals surface area contributed by atoms with Crippen molar-refractivity contribution in [3.63, 3.8) is 0 Å². The Hall–Kier alpha value is -2.08. The number of carbonyl (C=O) groups is 1. The maximum absolute atomic E-state index is 12.1. The van der Waals surface area contributed by atoms with Gasteiger partial charge in [-0.1, -0.05) is 23.7 Å². The number of amides is 1. The van der Waals surface area contributed by atoms with E-state index in [0.717, 1.165) is 44.0 Å². The minimum atomic E-state index is -0.186. The first-order valence-corrected chi connectivity index (χ1v) is 9.56. The molecule has 27 heavy (non-hydrogen) atoms. The Labute approximate surface area is 165 Å². The maximum Gasteiger partial charge on any atom is 0.262 e. The van der Waals surface area contributed by atoms with Crippen LogP contribution in [0.3, 0.4) is 0 Å². The SMILES string of the molecule is Cc1cc(OCC(=O)Nc2ccc(CN3CCN(C)CC3)cc2)ccc1Cl. The summed E-state index contributed by atoms with van der Waals surface area (Å²) in [7, 11) is 2.16. The first-order valence-electron chi connectivity index (χ1n) is 9.18. The van der Waals surface area contributed by atoms with Crippen LogP contribution in [0, 0.1) is 6.92 Å². The number of hydrogen-bond acceptors (Lipinski definition) is 4. The second kappa shape index (κ2) is 9.22. The van der Waals surface area contributed by atoms with Gasteiger partial charge in [-0.25, -0.2) is 0 Å². The molecule has 1 N–H and O–H groups in total. The zero-order valence-electron chi connectivity index (χ0n) is 15.9. The van der Waals surface area contributed by atoms with Crippen LogP contribution in [0.15, 0.2) is 42.5 Å². The van der Waals surface area contributed by atoms with Gasteiger partial charge >= 0.3 is 0 Å². The summed E-state index contributed by atoms with van der Waals surface area (Å²) in [5, 5.41) is 3.55. The third kappa shape index (κ3) is 5.96. The van der Waals surface area contributed by atoms with Crippen LogP contribution in [0.25, 0.3) is 0 Å². The standard InChI is InChI=1S/C21H26ClN3O2/c1-16-13-19(7-8-20(16)22)27-15-21(26)23-18-5-3-17(4-6-18)14-25-11-9-24(2)10-12-25/h3-8,13H,9-12,14-15H2,1-2H3,(H,23,26). The number of ether oxygens (including phenoxy) is 1. The van der Waals surface area contributed by atoms with E-state index < -0.39 is 0 Å². The molecule has 0 saturated carbocycles. The number of nitrogens with one attached hydrogen (secondary N) is 1. The molecule has 1 aliphatic rings. The molecule has 0 bridgehead atoms. The van der Waals surface area contributed by atoms with Gasteiger partial charge in [0.1, 0.15) is 5.75 Å². The van der Waals surface area contributed by atoms with Crippen molar-refractivity contribution in [2.75, 3.05) is 45.2 Å². The van der Waals surface area contributed by atoms with Crippen molar-refractivity contribution in [1.29, 1.82) is 0 Å². The Balaban J connectivity index is 1.46. The van der Waals surface area contributed by atoms with Gasteiger partial charge in [-0.15, -0.1) is 0 Å². The van der Waals surface area contributed by atoms with Gasteiger partial charge in [0.25, 0.3) is 5.91 Å². The monoisotopic (exact) mass is 387 g/mol. The van der Waals surface area contributed by atoms with Crippen molar-refractivity contribution in [2.45, 2.75) is 13.5 Å². The van der Waals surface area contributed by atoms with Crippen molar-refractivity contribution in [3.8, 4) is 5.75 Å². The molecule has 0 atom stereocenters. The fourth-order valence-corrected chi connectivity index (χ4v) is 3.13. The molecule has 5 nitrogen and oxygen atoms in total. The number of carbonyl (C=O) groups excluding carboxylic acids is 1. The van der Waals surface area contributed by atoms with Crippen molar-refractivity contribution in [3.05, 3.63) is 58.6 Å². The van der Waals surface area contributed by atoms with Crippen LogP contribution in [0.2, 0.25) is 5.02 Å². The second-order valence-corrected chi connectivity index (χ2v) is 7.43. The largest absolute Gasteiger partial charge is 0.484 e. The number of anilines is 1. The predicted molar refractivity (Wildman–Crippen MR) is 110 cm³/mol. The average Bonchev–Trinajstić information content (AvgIpc) is 2.66. The van der Waals surface area contributed by atoms with E-state index in [9.17, 15) is 4.79 Å². The summed E-state index contributed by atoms with van der Waals surface area (Å²) in [6, 6.07) is 13.4. The fraction of sp³-hybridized carbons (Fsp3) is 0.381. The smallest absolute Gasteiger partial charge is 0.262 e. The maximum atomic E-state index is 12.1. The van der Waals surface area contributed by atoms with E-state index in [-0.39, 0.29) is 12.5 Å². The van der Waals surface area contributed by atoms with E-state index in [0.29, 0.717) is 10.8 Å². The molecule has 2 aromatic rings. The number of hydrogen-bond donors (Lipinski definition) is 1. The summed E-state index contributed by atoms with van der Waals surface area (Å²) >= 11 is 5.99. The summed E-state index contributed by atoms with van der Waals surface area (Å²) in [5.41, 5.74) is 2.95. The van der Waals surface area contributed by atoms with E-state index in [1.165, 1.54) is 5.56 Å². The first kappa shape index (κ1) is 19.7. The first-order chi connectivity index (χ1) is 13.0. The number of aryl methyl sites for hydroxylation is 1. The normalized spacial score (nSPS) is 15.5. The lowest BCUT2D eigenvalue weighted by molar-refractivity contribution is -0.118. The van der Waals surface area contributed by atoms with E-state index in [4.69, 9.17) is 16.3 Å². The van der Waals surface area contributed by atoms with Crippen LogP contribution in [-0.4, -0.2) is 55.5 Å². The van der Waals surface area contributed by atoms with E-state index in [2.05, 4.69) is 34.3 Å². The number of rotatable bonds is 6. The molecule has 1 amide bonds. The van der Waals surface area contributed by atoms with Gasteiger partial charge in [-0.3, -0.25) is 9.69 Å². The molecule has 2 aromatic carbocycles. The van der Waals surface area contributed by atoms with Crippen molar-refractivity contribution in [2.24, 2.45) is 0 Å². The highest BCUT2D eigenvalue weighted by atomic mass is 35.5. The molecule has 0 spiro atoms. The molecule has 1 aliphatic heterocycles. The van der Waals surface area contributed by atoms with Gasteiger partial charge in [0.05, 0.1) is 0 Å². The zero-order chi connectivity index (χ0) is 19.2. The van der Waals surface area contributed by atoms with Crippen molar-refractivity contribution in [1.82, 2.24) is 9.80 Å². The molecular formula is C21H26ClN3O2. The molecular weight excluding hydrogens is 362 g/mol. The predicted octanol–water partition coefficient (Wildman–Crippen LogP) is 3.41. The van der Waals surface area contributed by atoms with Crippen LogP contribution in [0.4, 0.5) is 5.69 Å². The molecule has 0 aromatic heterocycles. The van der Waals surface area contributed by atoms with Gasteiger partial charge in [0.15, 0.2) is 6.61 Å². The van der Waals surface area contributed by atoms with Gasteiger partial charge < -0.3 is 15.0 Å².